The van der Waals surface area contributed by atoms with Gasteiger partial charge in [0.05, 0.1) is 24.0 Å². The quantitative estimate of drug-likeness (QED) is 0.676. The summed E-state index contributed by atoms with van der Waals surface area (Å²) >= 11 is 5.83. The summed E-state index contributed by atoms with van der Waals surface area (Å²) in [5.74, 6) is -1.12. The predicted octanol–water partition coefficient (Wildman–Crippen LogP) is 1.82. The largest absolute Gasteiger partial charge is 0.469 e. The number of aromatic nitrogens is 1. The molecule has 8 heteroatoms. The molecule has 110 valence electrons. The number of esters is 1. The van der Waals surface area contributed by atoms with Gasteiger partial charge in [-0.15, -0.1) is 0 Å². The molecule has 6 nitrogen and oxygen atoms in total. The van der Waals surface area contributed by atoms with Crippen molar-refractivity contribution in [1.82, 2.24) is 4.98 Å². The lowest BCUT2D eigenvalue weighted by Gasteiger charge is -2.19. The third kappa shape index (κ3) is 3.04. The lowest BCUT2D eigenvalue weighted by molar-refractivity contribution is -0.145. The van der Waals surface area contributed by atoms with Crippen LogP contribution < -0.4 is 4.72 Å². The van der Waals surface area contributed by atoms with Gasteiger partial charge in [0, 0.05) is 6.20 Å². The molecule has 0 saturated heterocycles. The van der Waals surface area contributed by atoms with E-state index >= 15 is 0 Å². The summed E-state index contributed by atoms with van der Waals surface area (Å²) in [4.78, 5) is 15.4. The smallest absolute Gasteiger partial charge is 0.310 e. The van der Waals surface area contributed by atoms with Crippen LogP contribution in [0.15, 0.2) is 18.3 Å². The average Bonchev–Trinajstić information content (AvgIpc) is 2.90. The van der Waals surface area contributed by atoms with Crippen LogP contribution in [0.4, 0.5) is 5.69 Å². The molecule has 1 saturated carbocycles. The van der Waals surface area contributed by atoms with E-state index < -0.39 is 27.2 Å². The van der Waals surface area contributed by atoms with E-state index in [1.807, 2.05) is 0 Å². The van der Waals surface area contributed by atoms with Crippen LogP contribution >= 0.6 is 11.6 Å². The van der Waals surface area contributed by atoms with Crippen LogP contribution in [0.3, 0.4) is 0 Å². The molecule has 0 amide bonds. The Morgan fingerprint density at radius 3 is 2.90 bits per heavy atom. The van der Waals surface area contributed by atoms with Gasteiger partial charge in [0.1, 0.15) is 0 Å². The van der Waals surface area contributed by atoms with Crippen molar-refractivity contribution >= 4 is 33.3 Å². The van der Waals surface area contributed by atoms with E-state index in [1.165, 1.54) is 19.4 Å². The fraction of sp³-hybridized carbons (Fsp3) is 0.500. The molecule has 20 heavy (non-hydrogen) atoms. The SMILES string of the molecule is COC(=O)C1CCCC1S(=O)(=O)Nc1cccnc1Cl. The van der Waals surface area contributed by atoms with E-state index in [0.717, 1.165) is 0 Å². The van der Waals surface area contributed by atoms with Crippen molar-refractivity contribution in [1.29, 1.82) is 0 Å². The number of hydrogen-bond acceptors (Lipinski definition) is 5. The van der Waals surface area contributed by atoms with Gasteiger partial charge < -0.3 is 4.74 Å². The molecule has 0 spiro atoms. The normalized spacial score (nSPS) is 22.5. The first-order chi connectivity index (χ1) is 9.45. The van der Waals surface area contributed by atoms with Gasteiger partial charge in [-0.1, -0.05) is 18.0 Å². The molecule has 0 radical (unpaired) electrons. The first kappa shape index (κ1) is 15.1. The minimum Gasteiger partial charge on any atom is -0.469 e. The van der Waals surface area contributed by atoms with Crippen molar-refractivity contribution in [3.8, 4) is 0 Å². The molecule has 2 unspecified atom stereocenters. The number of carbonyl (C=O) groups is 1. The van der Waals surface area contributed by atoms with Crippen molar-refractivity contribution in [2.24, 2.45) is 5.92 Å². The van der Waals surface area contributed by atoms with E-state index in [4.69, 9.17) is 11.6 Å². The van der Waals surface area contributed by atoms with Gasteiger partial charge in [0.15, 0.2) is 5.15 Å². The first-order valence-corrected chi connectivity index (χ1v) is 8.08. The summed E-state index contributed by atoms with van der Waals surface area (Å²) in [6.07, 6.45) is 3.07. The Bertz CT molecular complexity index is 605. The summed E-state index contributed by atoms with van der Waals surface area (Å²) < 4.78 is 31.8. The topological polar surface area (TPSA) is 85.4 Å². The average molecular weight is 319 g/mol. The van der Waals surface area contributed by atoms with Gasteiger partial charge >= 0.3 is 5.97 Å². The van der Waals surface area contributed by atoms with Crippen molar-refractivity contribution in [2.75, 3.05) is 11.8 Å². The van der Waals surface area contributed by atoms with Crippen LogP contribution in [0.1, 0.15) is 19.3 Å². The monoisotopic (exact) mass is 318 g/mol. The minimum absolute atomic E-state index is 0.0729. The molecule has 1 aliphatic rings. The van der Waals surface area contributed by atoms with E-state index in [-0.39, 0.29) is 10.8 Å². The van der Waals surface area contributed by atoms with Gasteiger partial charge in [0.2, 0.25) is 10.0 Å². The zero-order valence-corrected chi connectivity index (χ0v) is 12.4. The maximum absolute atomic E-state index is 12.4. The van der Waals surface area contributed by atoms with Gasteiger partial charge in [-0.25, -0.2) is 13.4 Å². The van der Waals surface area contributed by atoms with E-state index in [0.29, 0.717) is 19.3 Å². The van der Waals surface area contributed by atoms with Gasteiger partial charge in [-0.2, -0.15) is 0 Å². The highest BCUT2D eigenvalue weighted by molar-refractivity contribution is 7.93. The Morgan fingerprint density at radius 1 is 1.50 bits per heavy atom. The third-order valence-corrected chi connectivity index (χ3v) is 5.53. The predicted molar refractivity (Wildman–Crippen MR) is 74.9 cm³/mol. The number of halogens is 1. The summed E-state index contributed by atoms with van der Waals surface area (Å²) in [6.45, 7) is 0. The third-order valence-electron chi connectivity index (χ3n) is 3.37. The van der Waals surface area contributed by atoms with Crippen LogP contribution in [0.25, 0.3) is 0 Å². The molecule has 0 aromatic carbocycles. The molecule has 1 aromatic heterocycles. The number of nitrogens with zero attached hydrogens (tertiary/aromatic N) is 1. The molecule has 1 aliphatic carbocycles. The van der Waals surface area contributed by atoms with Crippen molar-refractivity contribution in [3.63, 3.8) is 0 Å². The standard InChI is InChI=1S/C12H15ClN2O4S/c1-19-12(16)8-4-2-6-10(8)20(17,18)15-9-5-3-7-14-11(9)13/h3,5,7-8,10,15H,2,4,6H2,1H3. The molecule has 0 bridgehead atoms. The highest BCUT2D eigenvalue weighted by Gasteiger charge is 2.42. The summed E-state index contributed by atoms with van der Waals surface area (Å²) in [7, 11) is -2.46. The van der Waals surface area contributed by atoms with Gasteiger partial charge in [-0.3, -0.25) is 9.52 Å². The Morgan fingerprint density at radius 2 is 2.25 bits per heavy atom. The molecule has 1 heterocycles. The molecular weight excluding hydrogens is 304 g/mol. The van der Waals surface area contributed by atoms with Crippen molar-refractivity contribution in [3.05, 3.63) is 23.5 Å². The molecule has 1 N–H and O–H groups in total. The lowest BCUT2D eigenvalue weighted by atomic mass is 10.1. The zero-order chi connectivity index (χ0) is 14.8. The van der Waals surface area contributed by atoms with Gasteiger partial charge in [-0.05, 0) is 25.0 Å². The molecule has 1 fully saturated rings. The summed E-state index contributed by atoms with van der Waals surface area (Å²) in [5, 5.41) is -0.727. The Kier molecular flexibility index (Phi) is 4.49. The zero-order valence-electron chi connectivity index (χ0n) is 10.9. The Balaban J connectivity index is 2.22. The molecule has 2 atom stereocenters. The molecular formula is C12H15ClN2O4S. The Labute approximate surface area is 122 Å². The van der Waals surface area contributed by atoms with Crippen molar-refractivity contribution < 1.29 is 17.9 Å². The number of anilines is 1. The second-order valence-corrected chi connectivity index (χ2v) is 6.85. The second-order valence-electron chi connectivity index (χ2n) is 4.59. The number of nitrogens with one attached hydrogen (secondary N) is 1. The number of methoxy groups -OCH3 is 1. The van der Waals surface area contributed by atoms with Crippen molar-refractivity contribution in [2.45, 2.75) is 24.5 Å². The molecule has 2 rings (SSSR count). The van der Waals surface area contributed by atoms with Gasteiger partial charge in [0.25, 0.3) is 0 Å². The number of pyridine rings is 1. The maximum atomic E-state index is 12.4. The molecule has 0 aliphatic heterocycles. The number of hydrogen-bond donors (Lipinski definition) is 1. The van der Waals surface area contributed by atoms with Crippen LogP contribution in [0, 0.1) is 5.92 Å². The number of rotatable bonds is 4. The van der Waals surface area contributed by atoms with Crippen LogP contribution in [-0.4, -0.2) is 31.7 Å². The van der Waals surface area contributed by atoms with E-state index in [2.05, 4.69) is 14.4 Å². The molecule has 1 aromatic rings. The number of sulfonamides is 1. The van der Waals surface area contributed by atoms with Crippen LogP contribution in [-0.2, 0) is 19.6 Å². The first-order valence-electron chi connectivity index (χ1n) is 6.15. The van der Waals surface area contributed by atoms with Crippen LogP contribution in [0.5, 0.6) is 0 Å². The highest BCUT2D eigenvalue weighted by Crippen LogP contribution is 2.33. The lowest BCUT2D eigenvalue weighted by Crippen LogP contribution is -2.35. The van der Waals surface area contributed by atoms with E-state index in [9.17, 15) is 13.2 Å². The fourth-order valence-corrected chi connectivity index (χ4v) is 4.41. The highest BCUT2D eigenvalue weighted by atomic mass is 35.5. The van der Waals surface area contributed by atoms with Crippen LogP contribution in [0.2, 0.25) is 5.15 Å². The Hall–Kier alpha value is -1.34. The second kappa shape index (κ2) is 5.97. The van der Waals surface area contributed by atoms with E-state index in [1.54, 1.807) is 6.07 Å². The minimum atomic E-state index is -3.72. The number of carbonyl (C=O) groups excluding carboxylic acids is 1. The fourth-order valence-electron chi connectivity index (χ4n) is 2.41. The summed E-state index contributed by atoms with van der Waals surface area (Å²) in [5.41, 5.74) is 0.213. The summed E-state index contributed by atoms with van der Waals surface area (Å²) in [6, 6.07) is 3.10. The number of ether oxygens (including phenoxy) is 1. The maximum Gasteiger partial charge on any atom is 0.310 e.